The fraction of sp³-hybridized carbons (Fsp3) is 0.214. The Bertz CT molecular complexity index is 665. The molecule has 0 aliphatic heterocycles. The Morgan fingerprint density at radius 3 is 2.71 bits per heavy atom. The van der Waals surface area contributed by atoms with Gasteiger partial charge in [0.05, 0.1) is 6.61 Å². The van der Waals surface area contributed by atoms with Gasteiger partial charge in [0.1, 0.15) is 11.3 Å². The van der Waals surface area contributed by atoms with Gasteiger partial charge in [-0.05, 0) is 13.0 Å². The summed E-state index contributed by atoms with van der Waals surface area (Å²) in [5.74, 6) is -0.739. The summed E-state index contributed by atoms with van der Waals surface area (Å²) >= 11 is 3.31. The first-order valence-electron chi connectivity index (χ1n) is 6.11. The van der Waals surface area contributed by atoms with Crippen LogP contribution in [-0.4, -0.2) is 22.5 Å². The fourth-order valence-electron chi connectivity index (χ4n) is 1.70. The van der Waals surface area contributed by atoms with Crippen molar-refractivity contribution in [1.82, 2.24) is 9.97 Å². The van der Waals surface area contributed by atoms with Crippen molar-refractivity contribution in [2.45, 2.75) is 13.3 Å². The lowest BCUT2D eigenvalue weighted by Gasteiger charge is -2.09. The summed E-state index contributed by atoms with van der Waals surface area (Å²) in [6, 6.07) is 6.97. The largest absolute Gasteiger partial charge is 0.462 e. The molecule has 0 amide bonds. The molecule has 0 aliphatic carbocycles. The predicted octanol–water partition coefficient (Wildman–Crippen LogP) is 4.02. The first-order chi connectivity index (χ1) is 10.0. The first-order valence-corrected chi connectivity index (χ1v) is 6.91. The van der Waals surface area contributed by atoms with Crippen LogP contribution in [0.15, 0.2) is 34.9 Å². The molecule has 110 valence electrons. The summed E-state index contributed by atoms with van der Waals surface area (Å²) < 4.78 is 31.6. The Balaban J connectivity index is 2.51. The van der Waals surface area contributed by atoms with Crippen molar-refractivity contribution in [2.24, 2.45) is 0 Å². The van der Waals surface area contributed by atoms with Crippen molar-refractivity contribution in [3.05, 3.63) is 46.2 Å². The molecule has 1 heterocycles. The first kappa shape index (κ1) is 15.5. The van der Waals surface area contributed by atoms with Crippen LogP contribution in [0.5, 0.6) is 0 Å². The fourth-order valence-corrected chi connectivity index (χ4v) is 2.16. The number of hydrogen-bond donors (Lipinski definition) is 0. The monoisotopic (exact) mass is 356 g/mol. The highest BCUT2D eigenvalue weighted by Crippen LogP contribution is 2.28. The van der Waals surface area contributed by atoms with E-state index in [1.165, 1.54) is 0 Å². The van der Waals surface area contributed by atoms with Gasteiger partial charge in [-0.1, -0.05) is 34.1 Å². The summed E-state index contributed by atoms with van der Waals surface area (Å²) in [5.41, 5.74) is -0.383. The van der Waals surface area contributed by atoms with Gasteiger partial charge in [-0.25, -0.2) is 23.5 Å². The van der Waals surface area contributed by atoms with E-state index in [4.69, 9.17) is 4.74 Å². The Hall–Kier alpha value is -1.89. The molecule has 4 nitrogen and oxygen atoms in total. The topological polar surface area (TPSA) is 52.1 Å². The maximum Gasteiger partial charge on any atom is 0.341 e. The van der Waals surface area contributed by atoms with Gasteiger partial charge in [0.15, 0.2) is 5.82 Å². The Kier molecular flexibility index (Phi) is 4.95. The van der Waals surface area contributed by atoms with Crippen molar-refractivity contribution >= 4 is 21.9 Å². The molecule has 0 saturated heterocycles. The van der Waals surface area contributed by atoms with Gasteiger partial charge in [-0.3, -0.25) is 0 Å². The van der Waals surface area contributed by atoms with Crippen LogP contribution in [0.4, 0.5) is 8.78 Å². The van der Waals surface area contributed by atoms with Gasteiger partial charge in [0.25, 0.3) is 6.43 Å². The Morgan fingerprint density at radius 2 is 2.10 bits per heavy atom. The second-order valence-corrected chi connectivity index (χ2v) is 4.85. The van der Waals surface area contributed by atoms with E-state index in [9.17, 15) is 13.6 Å². The van der Waals surface area contributed by atoms with Gasteiger partial charge >= 0.3 is 5.97 Å². The van der Waals surface area contributed by atoms with Gasteiger partial charge in [0, 0.05) is 16.2 Å². The molecule has 1 aromatic carbocycles. The minimum atomic E-state index is -2.89. The summed E-state index contributed by atoms with van der Waals surface area (Å²) in [6.07, 6.45) is -1.82. The minimum Gasteiger partial charge on any atom is -0.462 e. The molecule has 2 rings (SSSR count). The molecule has 0 unspecified atom stereocenters. The van der Waals surface area contributed by atoms with Crippen molar-refractivity contribution < 1.29 is 18.3 Å². The Morgan fingerprint density at radius 1 is 1.38 bits per heavy atom. The predicted molar refractivity (Wildman–Crippen MR) is 76.1 cm³/mol. The molecule has 7 heteroatoms. The summed E-state index contributed by atoms with van der Waals surface area (Å²) in [7, 11) is 0. The zero-order chi connectivity index (χ0) is 15.4. The van der Waals surface area contributed by atoms with Crippen molar-refractivity contribution in [3.8, 4) is 11.4 Å². The van der Waals surface area contributed by atoms with E-state index in [1.807, 2.05) is 0 Å². The van der Waals surface area contributed by atoms with Crippen LogP contribution in [0.3, 0.4) is 0 Å². The standard InChI is InChI=1S/C14H11BrF2N2O2/c1-2-21-14(20)9-7-18-13(19-11(9)12(16)17)8-5-3-4-6-10(8)15/h3-7,12H,2H2,1H3. The van der Waals surface area contributed by atoms with Crippen molar-refractivity contribution in [1.29, 1.82) is 0 Å². The maximum atomic E-state index is 13.1. The van der Waals surface area contributed by atoms with Crippen LogP contribution in [0.25, 0.3) is 11.4 Å². The van der Waals surface area contributed by atoms with Gasteiger partial charge < -0.3 is 4.74 Å². The lowest BCUT2D eigenvalue weighted by Crippen LogP contribution is -2.11. The number of hydrogen-bond acceptors (Lipinski definition) is 4. The molecule has 0 atom stereocenters. The van der Waals surface area contributed by atoms with E-state index in [-0.39, 0.29) is 18.0 Å². The second-order valence-electron chi connectivity index (χ2n) is 3.99. The zero-order valence-electron chi connectivity index (χ0n) is 11.0. The molecule has 0 aliphatic rings. The number of nitrogens with zero attached hydrogens (tertiary/aromatic N) is 2. The third-order valence-electron chi connectivity index (χ3n) is 2.64. The van der Waals surface area contributed by atoms with Crippen LogP contribution < -0.4 is 0 Å². The van der Waals surface area contributed by atoms with Gasteiger partial charge in [-0.15, -0.1) is 0 Å². The minimum absolute atomic E-state index is 0.0908. The molecule has 21 heavy (non-hydrogen) atoms. The molecule has 2 aromatic rings. The number of rotatable bonds is 4. The quantitative estimate of drug-likeness (QED) is 0.776. The highest BCUT2D eigenvalue weighted by atomic mass is 79.9. The molecular weight excluding hydrogens is 346 g/mol. The molecule has 0 saturated carbocycles. The maximum absolute atomic E-state index is 13.1. The number of esters is 1. The number of ether oxygens (including phenoxy) is 1. The number of carbonyl (C=O) groups is 1. The van der Waals surface area contributed by atoms with Crippen LogP contribution in [0.1, 0.15) is 29.4 Å². The van der Waals surface area contributed by atoms with Crippen molar-refractivity contribution in [2.75, 3.05) is 6.61 Å². The van der Waals surface area contributed by atoms with E-state index < -0.39 is 18.1 Å². The van der Waals surface area contributed by atoms with E-state index in [0.29, 0.717) is 10.0 Å². The number of benzene rings is 1. The van der Waals surface area contributed by atoms with Crippen LogP contribution in [0, 0.1) is 0 Å². The van der Waals surface area contributed by atoms with Gasteiger partial charge in [0.2, 0.25) is 0 Å². The van der Waals surface area contributed by atoms with Crippen LogP contribution >= 0.6 is 15.9 Å². The van der Waals surface area contributed by atoms with Crippen LogP contribution in [-0.2, 0) is 4.74 Å². The van der Waals surface area contributed by atoms with Crippen LogP contribution in [0.2, 0.25) is 0 Å². The molecular formula is C14H11BrF2N2O2. The zero-order valence-corrected chi connectivity index (χ0v) is 12.6. The summed E-state index contributed by atoms with van der Waals surface area (Å²) in [4.78, 5) is 19.4. The second kappa shape index (κ2) is 6.71. The number of alkyl halides is 2. The number of carbonyl (C=O) groups excluding carboxylic acids is 1. The average molecular weight is 357 g/mol. The molecule has 0 bridgehead atoms. The van der Waals surface area contributed by atoms with E-state index >= 15 is 0 Å². The van der Waals surface area contributed by atoms with Gasteiger partial charge in [-0.2, -0.15) is 0 Å². The summed E-state index contributed by atoms with van der Waals surface area (Å²) in [5, 5.41) is 0. The lowest BCUT2D eigenvalue weighted by atomic mass is 10.2. The highest BCUT2D eigenvalue weighted by Gasteiger charge is 2.23. The third-order valence-corrected chi connectivity index (χ3v) is 3.33. The molecule has 0 radical (unpaired) electrons. The van der Waals surface area contributed by atoms with E-state index in [0.717, 1.165) is 6.20 Å². The molecule has 0 fully saturated rings. The van der Waals surface area contributed by atoms with E-state index in [2.05, 4.69) is 25.9 Å². The average Bonchev–Trinajstić information content (AvgIpc) is 2.47. The molecule has 0 spiro atoms. The summed E-state index contributed by atoms with van der Waals surface area (Å²) in [6.45, 7) is 1.68. The van der Waals surface area contributed by atoms with E-state index in [1.54, 1.807) is 31.2 Å². The van der Waals surface area contributed by atoms with Crippen molar-refractivity contribution in [3.63, 3.8) is 0 Å². The SMILES string of the molecule is CCOC(=O)c1cnc(-c2ccccc2Br)nc1C(F)F. The smallest absolute Gasteiger partial charge is 0.341 e. The Labute approximate surface area is 128 Å². The lowest BCUT2D eigenvalue weighted by molar-refractivity contribution is 0.0513. The third kappa shape index (κ3) is 3.41. The highest BCUT2D eigenvalue weighted by molar-refractivity contribution is 9.10. The number of aromatic nitrogens is 2. The molecule has 0 N–H and O–H groups in total. The number of halogens is 3. The molecule has 1 aromatic heterocycles. The normalized spacial score (nSPS) is 10.7.